The fourth-order valence-electron chi connectivity index (χ4n) is 3.52. The van der Waals surface area contributed by atoms with Gasteiger partial charge in [-0.15, -0.1) is 11.3 Å². The van der Waals surface area contributed by atoms with E-state index in [1.807, 2.05) is 31.2 Å². The summed E-state index contributed by atoms with van der Waals surface area (Å²) in [6, 6.07) is 14.6. The molecule has 0 radical (unpaired) electrons. The number of nitrogens with one attached hydrogen (secondary N) is 2. The van der Waals surface area contributed by atoms with Crippen LogP contribution in [0.3, 0.4) is 0 Å². The molecular weight excluding hydrogens is 469 g/mol. The molecule has 10 heteroatoms. The highest BCUT2D eigenvalue weighted by Crippen LogP contribution is 2.26. The molecule has 4 rings (SSSR count). The van der Waals surface area contributed by atoms with Crippen molar-refractivity contribution in [1.82, 2.24) is 20.1 Å². The first-order chi connectivity index (χ1) is 16.7. The molecule has 2 aromatic heterocycles. The lowest BCUT2D eigenvalue weighted by Gasteiger charge is -2.13. The van der Waals surface area contributed by atoms with Gasteiger partial charge in [-0.2, -0.15) is 5.10 Å². The van der Waals surface area contributed by atoms with Crippen LogP contribution in [0.25, 0.3) is 16.9 Å². The van der Waals surface area contributed by atoms with Gasteiger partial charge in [0.2, 0.25) is 11.3 Å². The largest absolute Gasteiger partial charge is 0.350 e. The van der Waals surface area contributed by atoms with Crippen LogP contribution in [0.1, 0.15) is 41.6 Å². The molecule has 0 aliphatic carbocycles. The highest BCUT2D eigenvalue weighted by molar-refractivity contribution is 7.14. The van der Waals surface area contributed by atoms with Crippen LogP contribution in [0.5, 0.6) is 0 Å². The molecule has 178 valence electrons. The number of hydrogen-bond donors (Lipinski definition) is 2. The Bertz CT molecular complexity index is 1460. The number of aryl methyl sites for hydroxylation is 1. The molecule has 0 saturated carbocycles. The number of benzene rings is 2. The van der Waals surface area contributed by atoms with Gasteiger partial charge >= 0.3 is 0 Å². The number of nitrogens with zero attached hydrogens (tertiary/aromatic N) is 3. The Morgan fingerprint density at radius 1 is 1.11 bits per heavy atom. The summed E-state index contributed by atoms with van der Waals surface area (Å²) >= 11 is 1.20. The summed E-state index contributed by atoms with van der Waals surface area (Å²) in [6.45, 7) is 4.97. The van der Waals surface area contributed by atoms with Crippen LogP contribution in [0.2, 0.25) is 0 Å². The number of halogens is 1. The van der Waals surface area contributed by atoms with Gasteiger partial charge in [0, 0.05) is 29.6 Å². The van der Waals surface area contributed by atoms with E-state index in [4.69, 9.17) is 0 Å². The quantitative estimate of drug-likeness (QED) is 0.419. The highest BCUT2D eigenvalue weighted by Gasteiger charge is 2.18. The second-order valence-electron chi connectivity index (χ2n) is 7.90. The number of hydrogen-bond acceptors (Lipinski definition) is 6. The smallest absolute Gasteiger partial charge is 0.281 e. The van der Waals surface area contributed by atoms with Crippen molar-refractivity contribution in [3.8, 4) is 16.9 Å². The minimum absolute atomic E-state index is 0.106. The summed E-state index contributed by atoms with van der Waals surface area (Å²) in [5, 5.41) is 11.6. The molecule has 1 atom stereocenters. The van der Waals surface area contributed by atoms with E-state index in [2.05, 4.69) is 20.7 Å². The van der Waals surface area contributed by atoms with E-state index in [0.717, 1.165) is 11.1 Å². The van der Waals surface area contributed by atoms with Crippen molar-refractivity contribution < 1.29 is 14.0 Å². The zero-order chi connectivity index (χ0) is 25.1. The minimum atomic E-state index is -0.736. The van der Waals surface area contributed by atoms with Gasteiger partial charge in [-0.1, -0.05) is 36.4 Å². The molecule has 2 aromatic carbocycles. The van der Waals surface area contributed by atoms with Crippen molar-refractivity contribution in [2.24, 2.45) is 0 Å². The third-order valence-corrected chi connectivity index (χ3v) is 6.01. The van der Waals surface area contributed by atoms with Crippen LogP contribution < -0.4 is 16.1 Å². The molecule has 8 nitrogen and oxygen atoms in total. The number of thiazole rings is 1. The Morgan fingerprint density at radius 3 is 2.51 bits per heavy atom. The topological polar surface area (TPSA) is 106 Å². The van der Waals surface area contributed by atoms with Crippen molar-refractivity contribution in [2.75, 3.05) is 5.32 Å². The molecule has 4 aromatic rings. The average molecular weight is 492 g/mol. The molecule has 0 aliphatic heterocycles. The number of carbonyl (C=O) groups excluding carboxylic acids is 2. The first-order valence-corrected chi connectivity index (χ1v) is 11.6. The van der Waals surface area contributed by atoms with Crippen LogP contribution in [0.15, 0.2) is 64.8 Å². The summed E-state index contributed by atoms with van der Waals surface area (Å²) in [4.78, 5) is 41.0. The molecule has 0 spiro atoms. The molecule has 1 unspecified atom stereocenters. The lowest BCUT2D eigenvalue weighted by molar-refractivity contribution is -0.119. The van der Waals surface area contributed by atoms with Gasteiger partial charge in [0.25, 0.3) is 5.91 Å². The summed E-state index contributed by atoms with van der Waals surface area (Å²) in [6.07, 6.45) is 0. The summed E-state index contributed by atoms with van der Waals surface area (Å²) in [5.41, 5.74) is 2.00. The van der Waals surface area contributed by atoms with E-state index >= 15 is 0 Å². The lowest BCUT2D eigenvalue weighted by atomic mass is 10.1. The zero-order valence-corrected chi connectivity index (χ0v) is 20.0. The van der Waals surface area contributed by atoms with Gasteiger partial charge in [0.1, 0.15) is 11.5 Å². The van der Waals surface area contributed by atoms with E-state index in [9.17, 15) is 18.8 Å². The SMILES string of the molecule is CC(=O)NC(C)c1ccc(-c2csc(NC(=O)c3nn(-c4ccccc4F)c(C)cc3=O)n2)cc1. The first kappa shape index (κ1) is 24.0. The van der Waals surface area contributed by atoms with Gasteiger partial charge in [0.05, 0.1) is 11.7 Å². The maximum absolute atomic E-state index is 14.3. The summed E-state index contributed by atoms with van der Waals surface area (Å²) in [5.74, 6) is -1.37. The van der Waals surface area contributed by atoms with E-state index < -0.39 is 17.2 Å². The molecule has 0 fully saturated rings. The summed E-state index contributed by atoms with van der Waals surface area (Å²) < 4.78 is 15.5. The monoisotopic (exact) mass is 491 g/mol. The van der Waals surface area contributed by atoms with Gasteiger partial charge in [-0.3, -0.25) is 19.7 Å². The fraction of sp³-hybridized carbons (Fsp3) is 0.160. The summed E-state index contributed by atoms with van der Waals surface area (Å²) in [7, 11) is 0. The van der Waals surface area contributed by atoms with Crippen LogP contribution in [0.4, 0.5) is 9.52 Å². The van der Waals surface area contributed by atoms with Crippen LogP contribution in [0, 0.1) is 12.7 Å². The molecule has 2 amide bonds. The number of amides is 2. The normalized spacial score (nSPS) is 11.7. The van der Waals surface area contributed by atoms with Crippen molar-refractivity contribution in [1.29, 1.82) is 0 Å². The molecule has 35 heavy (non-hydrogen) atoms. The highest BCUT2D eigenvalue weighted by atomic mass is 32.1. The number of rotatable bonds is 6. The van der Waals surface area contributed by atoms with Gasteiger partial charge in [0.15, 0.2) is 10.8 Å². The molecule has 2 N–H and O–H groups in total. The first-order valence-electron chi connectivity index (χ1n) is 10.7. The standard InChI is InChI=1S/C25H22FN5O3S/c1-14-12-22(33)23(30-31(14)21-7-5-4-6-19(21)26)24(34)29-25-28-20(13-35-25)18-10-8-17(9-11-18)15(2)27-16(3)32/h4-13,15H,1-3H3,(H,27,32)(H,28,29,34). The number of para-hydroxylation sites is 1. The predicted molar refractivity (Wildman–Crippen MR) is 132 cm³/mol. The van der Waals surface area contributed by atoms with Crippen molar-refractivity contribution in [2.45, 2.75) is 26.8 Å². The van der Waals surface area contributed by atoms with Gasteiger partial charge in [-0.25, -0.2) is 14.1 Å². The predicted octanol–water partition coefficient (Wildman–Crippen LogP) is 4.25. The minimum Gasteiger partial charge on any atom is -0.350 e. The van der Waals surface area contributed by atoms with E-state index in [1.165, 1.54) is 41.1 Å². The Kier molecular flexibility index (Phi) is 6.83. The van der Waals surface area contributed by atoms with Crippen molar-refractivity contribution in [3.63, 3.8) is 0 Å². The lowest BCUT2D eigenvalue weighted by Crippen LogP contribution is -2.27. The maximum Gasteiger partial charge on any atom is 0.281 e. The average Bonchev–Trinajstić information content (AvgIpc) is 3.28. The zero-order valence-electron chi connectivity index (χ0n) is 19.2. The maximum atomic E-state index is 14.3. The van der Waals surface area contributed by atoms with Crippen LogP contribution in [-0.4, -0.2) is 26.6 Å². The van der Waals surface area contributed by atoms with E-state index in [-0.39, 0.29) is 23.3 Å². The Hall–Kier alpha value is -4.18. The van der Waals surface area contributed by atoms with E-state index in [0.29, 0.717) is 16.5 Å². The number of carbonyl (C=O) groups is 2. The number of aromatic nitrogens is 3. The Balaban J connectivity index is 1.54. The van der Waals surface area contributed by atoms with Gasteiger partial charge < -0.3 is 5.32 Å². The number of anilines is 1. The third kappa shape index (κ3) is 5.33. The molecular formula is C25H22FN5O3S. The Morgan fingerprint density at radius 2 is 1.83 bits per heavy atom. The van der Waals surface area contributed by atoms with Crippen molar-refractivity contribution >= 4 is 28.3 Å². The second kappa shape index (κ2) is 9.98. The van der Waals surface area contributed by atoms with Gasteiger partial charge in [-0.05, 0) is 31.5 Å². The third-order valence-electron chi connectivity index (χ3n) is 5.25. The van der Waals surface area contributed by atoms with E-state index in [1.54, 1.807) is 24.4 Å². The molecule has 0 aliphatic rings. The van der Waals surface area contributed by atoms with Crippen molar-refractivity contribution in [3.05, 3.63) is 93.0 Å². The molecule has 0 saturated heterocycles. The molecule has 2 heterocycles. The van der Waals surface area contributed by atoms with Crippen LogP contribution in [-0.2, 0) is 4.79 Å². The van der Waals surface area contributed by atoms with Crippen LogP contribution >= 0.6 is 11.3 Å². The second-order valence-corrected chi connectivity index (χ2v) is 8.76. The molecule has 0 bridgehead atoms. The fourth-order valence-corrected chi connectivity index (χ4v) is 4.24. The Labute approximate surface area is 204 Å².